The number of carbonyl (C=O) groups excluding carboxylic acids is 1. The van der Waals surface area contributed by atoms with Gasteiger partial charge in [0.15, 0.2) is 0 Å². The summed E-state index contributed by atoms with van der Waals surface area (Å²) in [5.41, 5.74) is 1.50. The van der Waals surface area contributed by atoms with Crippen LogP contribution in [0.3, 0.4) is 0 Å². The highest BCUT2D eigenvalue weighted by molar-refractivity contribution is 5.72. The lowest BCUT2D eigenvalue weighted by Crippen LogP contribution is -2.35. The van der Waals surface area contributed by atoms with Crippen LogP contribution in [0.4, 0.5) is 10.3 Å². The summed E-state index contributed by atoms with van der Waals surface area (Å²) >= 11 is 0. The number of carbonyl (C=O) groups is 1. The normalized spacial score (nSPS) is 20.8. The van der Waals surface area contributed by atoms with E-state index < -0.39 is 11.8 Å². The highest BCUT2D eigenvalue weighted by Crippen LogP contribution is 2.49. The second kappa shape index (κ2) is 10.3. The summed E-state index contributed by atoms with van der Waals surface area (Å²) in [6, 6.07) is 4.67. The summed E-state index contributed by atoms with van der Waals surface area (Å²) in [6.07, 6.45) is 9.40. The topological polar surface area (TPSA) is 64.6 Å². The zero-order valence-corrected chi connectivity index (χ0v) is 18.9. The summed E-state index contributed by atoms with van der Waals surface area (Å²) in [6.45, 7) is 4.75. The molecule has 2 fully saturated rings. The second-order valence-electron chi connectivity index (χ2n) is 8.87. The van der Waals surface area contributed by atoms with Crippen LogP contribution in [0.2, 0.25) is 0 Å². The molecule has 0 spiro atoms. The van der Waals surface area contributed by atoms with Crippen molar-refractivity contribution in [3.05, 3.63) is 47.5 Å². The third kappa shape index (κ3) is 5.56. The van der Waals surface area contributed by atoms with Crippen molar-refractivity contribution < 1.29 is 18.7 Å². The summed E-state index contributed by atoms with van der Waals surface area (Å²) in [7, 11) is 1.30. The van der Waals surface area contributed by atoms with Crippen molar-refractivity contribution in [3.8, 4) is 5.75 Å². The van der Waals surface area contributed by atoms with Gasteiger partial charge < -0.3 is 14.4 Å². The second-order valence-corrected chi connectivity index (χ2v) is 8.87. The van der Waals surface area contributed by atoms with Crippen molar-refractivity contribution in [1.82, 2.24) is 9.97 Å². The van der Waals surface area contributed by atoms with Crippen LogP contribution in [0.5, 0.6) is 5.75 Å². The quantitative estimate of drug-likeness (QED) is 0.543. The SMILES string of the molecule is CCc1cnc(N2CCC([C@H]3C[C@H]3CCOc3ccc(CC(=O)OC)c(F)c3)CC2)nc1. The average Bonchev–Trinajstić information content (AvgIpc) is 3.60. The Bertz CT molecular complexity index is 913. The third-order valence-corrected chi connectivity index (χ3v) is 6.85. The lowest BCUT2D eigenvalue weighted by atomic mass is 9.90. The molecule has 1 aliphatic heterocycles. The van der Waals surface area contributed by atoms with Crippen molar-refractivity contribution >= 4 is 11.9 Å². The predicted molar refractivity (Wildman–Crippen MR) is 120 cm³/mol. The van der Waals surface area contributed by atoms with Gasteiger partial charge in [-0.25, -0.2) is 14.4 Å². The average molecular weight is 442 g/mol. The lowest BCUT2D eigenvalue weighted by Gasteiger charge is -2.32. The van der Waals surface area contributed by atoms with Crippen LogP contribution in [0.15, 0.2) is 30.6 Å². The number of benzene rings is 1. The van der Waals surface area contributed by atoms with Gasteiger partial charge in [-0.3, -0.25) is 4.79 Å². The Labute approximate surface area is 189 Å². The molecule has 32 heavy (non-hydrogen) atoms. The zero-order chi connectivity index (χ0) is 22.5. The van der Waals surface area contributed by atoms with Crippen LogP contribution in [0.25, 0.3) is 0 Å². The first kappa shape index (κ1) is 22.5. The largest absolute Gasteiger partial charge is 0.493 e. The molecule has 0 amide bonds. The molecule has 0 unspecified atom stereocenters. The van der Waals surface area contributed by atoms with E-state index in [1.165, 1.54) is 38.0 Å². The van der Waals surface area contributed by atoms with E-state index in [1.807, 2.05) is 12.4 Å². The number of hydrogen-bond acceptors (Lipinski definition) is 6. The van der Waals surface area contributed by atoms with Gasteiger partial charge in [0.2, 0.25) is 5.95 Å². The number of rotatable bonds is 9. The Hall–Kier alpha value is -2.70. The molecule has 1 aromatic heterocycles. The number of nitrogens with zero attached hydrogens (tertiary/aromatic N) is 3. The molecule has 172 valence electrons. The molecule has 6 nitrogen and oxygen atoms in total. The number of hydrogen-bond donors (Lipinski definition) is 0. The molecule has 0 radical (unpaired) electrons. The molecule has 0 bridgehead atoms. The molecule has 0 N–H and O–H groups in total. The molecule has 7 heteroatoms. The summed E-state index contributed by atoms with van der Waals surface area (Å²) in [5, 5.41) is 0. The minimum absolute atomic E-state index is 0.0681. The number of esters is 1. The molecule has 1 aliphatic carbocycles. The summed E-state index contributed by atoms with van der Waals surface area (Å²) < 4.78 is 24.5. The van der Waals surface area contributed by atoms with E-state index >= 15 is 0 Å². The van der Waals surface area contributed by atoms with Gasteiger partial charge in [-0.05, 0) is 67.1 Å². The summed E-state index contributed by atoms with van der Waals surface area (Å²) in [4.78, 5) is 22.7. The van der Waals surface area contributed by atoms with Crippen LogP contribution >= 0.6 is 0 Å². The first-order valence-electron chi connectivity index (χ1n) is 11.6. The number of ether oxygens (including phenoxy) is 2. The molecule has 2 aliphatic rings. The monoisotopic (exact) mass is 441 g/mol. The Morgan fingerprint density at radius 2 is 1.97 bits per heavy atom. The molecule has 2 heterocycles. The van der Waals surface area contributed by atoms with Crippen molar-refractivity contribution in [1.29, 1.82) is 0 Å². The van der Waals surface area contributed by atoms with Crippen molar-refractivity contribution in [2.45, 2.75) is 45.4 Å². The summed E-state index contributed by atoms with van der Waals surface area (Å²) in [5.74, 6) is 2.73. The van der Waals surface area contributed by atoms with Crippen LogP contribution in [-0.2, 0) is 22.4 Å². The Morgan fingerprint density at radius 3 is 2.62 bits per heavy atom. The molecule has 1 saturated heterocycles. The highest BCUT2D eigenvalue weighted by atomic mass is 19.1. The van der Waals surface area contributed by atoms with Crippen LogP contribution in [-0.4, -0.2) is 42.7 Å². The van der Waals surface area contributed by atoms with E-state index in [0.717, 1.165) is 43.7 Å². The number of halogens is 1. The minimum Gasteiger partial charge on any atom is -0.493 e. The third-order valence-electron chi connectivity index (χ3n) is 6.85. The fraction of sp³-hybridized carbons (Fsp3) is 0.560. The molecule has 2 aromatic rings. The predicted octanol–water partition coefficient (Wildman–Crippen LogP) is 4.22. The molecular weight excluding hydrogens is 409 g/mol. The number of aryl methyl sites for hydroxylation is 1. The number of methoxy groups -OCH3 is 1. The standard InChI is InChI=1S/C25H32FN3O3/c1-3-17-15-27-25(28-16-17)29-9-6-18(7-10-29)22-12-19(22)8-11-32-21-5-4-20(23(26)14-21)13-24(30)31-2/h4-5,14-16,18-19,22H,3,6-13H2,1-2H3/t19-,22-/m1/s1. The molecule has 2 atom stereocenters. The van der Waals surface area contributed by atoms with E-state index in [4.69, 9.17) is 4.74 Å². The van der Waals surface area contributed by atoms with Crippen LogP contribution in [0, 0.1) is 23.6 Å². The van der Waals surface area contributed by atoms with Crippen LogP contribution in [0.1, 0.15) is 43.7 Å². The van der Waals surface area contributed by atoms with E-state index in [2.05, 4.69) is 26.5 Å². The number of piperidine rings is 1. The highest BCUT2D eigenvalue weighted by Gasteiger charge is 2.43. The molecule has 1 aromatic carbocycles. The maximum Gasteiger partial charge on any atom is 0.310 e. The minimum atomic E-state index is -0.454. The van der Waals surface area contributed by atoms with E-state index in [0.29, 0.717) is 23.8 Å². The Balaban J connectivity index is 1.17. The van der Waals surface area contributed by atoms with Crippen LogP contribution < -0.4 is 9.64 Å². The van der Waals surface area contributed by atoms with Gasteiger partial charge in [0.05, 0.1) is 20.1 Å². The van der Waals surface area contributed by atoms with Gasteiger partial charge in [0.1, 0.15) is 11.6 Å². The van der Waals surface area contributed by atoms with Gasteiger partial charge in [-0.15, -0.1) is 0 Å². The molecule has 1 saturated carbocycles. The molecular formula is C25H32FN3O3. The Kier molecular flexibility index (Phi) is 7.22. The maximum absolute atomic E-state index is 14.1. The van der Waals surface area contributed by atoms with Gasteiger partial charge in [-0.1, -0.05) is 13.0 Å². The van der Waals surface area contributed by atoms with Crippen molar-refractivity contribution in [2.24, 2.45) is 17.8 Å². The number of anilines is 1. The zero-order valence-electron chi connectivity index (χ0n) is 18.9. The fourth-order valence-electron chi connectivity index (χ4n) is 4.72. The number of aromatic nitrogens is 2. The smallest absolute Gasteiger partial charge is 0.310 e. The van der Waals surface area contributed by atoms with Gasteiger partial charge in [0, 0.05) is 31.5 Å². The first-order valence-corrected chi connectivity index (χ1v) is 11.6. The molecule has 4 rings (SSSR count). The van der Waals surface area contributed by atoms with Crippen molar-refractivity contribution in [2.75, 3.05) is 31.7 Å². The van der Waals surface area contributed by atoms with Crippen molar-refractivity contribution in [3.63, 3.8) is 0 Å². The van der Waals surface area contributed by atoms with E-state index in [-0.39, 0.29) is 6.42 Å². The van der Waals surface area contributed by atoms with E-state index in [9.17, 15) is 9.18 Å². The van der Waals surface area contributed by atoms with Gasteiger partial charge in [0.25, 0.3) is 0 Å². The van der Waals surface area contributed by atoms with Gasteiger partial charge >= 0.3 is 5.97 Å². The first-order chi connectivity index (χ1) is 15.6. The Morgan fingerprint density at radius 1 is 1.22 bits per heavy atom. The van der Waals surface area contributed by atoms with Gasteiger partial charge in [-0.2, -0.15) is 0 Å². The van der Waals surface area contributed by atoms with E-state index in [1.54, 1.807) is 12.1 Å². The lowest BCUT2D eigenvalue weighted by molar-refractivity contribution is -0.139. The maximum atomic E-state index is 14.1. The fourth-order valence-corrected chi connectivity index (χ4v) is 4.72.